The highest BCUT2D eigenvalue weighted by Gasteiger charge is 2.08. The smallest absolute Gasteiger partial charge is 0.0734 e. The topological polar surface area (TPSA) is 44.0 Å². The van der Waals surface area contributed by atoms with Gasteiger partial charge in [0.1, 0.15) is 0 Å². The summed E-state index contributed by atoms with van der Waals surface area (Å²) < 4.78 is 1.15. The number of aliphatic hydroxyl groups excluding tert-OH is 1. The second-order valence-corrected chi connectivity index (χ2v) is 3.99. The van der Waals surface area contributed by atoms with Gasteiger partial charge >= 0.3 is 0 Å². The standard InChI is InChI=1S/C10H10INO/c11-10-3-1-8(2-4-10)9(7-12)5-6-13/h1-4,9,13H,5-6H2. The Morgan fingerprint density at radius 3 is 2.46 bits per heavy atom. The minimum Gasteiger partial charge on any atom is -0.396 e. The summed E-state index contributed by atoms with van der Waals surface area (Å²) in [7, 11) is 0. The number of benzene rings is 1. The molecule has 0 saturated heterocycles. The normalized spacial score (nSPS) is 12.1. The fraction of sp³-hybridized carbons (Fsp3) is 0.300. The van der Waals surface area contributed by atoms with Crippen molar-refractivity contribution in [3.8, 4) is 6.07 Å². The van der Waals surface area contributed by atoms with Gasteiger partial charge < -0.3 is 5.11 Å². The third kappa shape index (κ3) is 2.98. The highest BCUT2D eigenvalue weighted by atomic mass is 127. The van der Waals surface area contributed by atoms with E-state index in [-0.39, 0.29) is 12.5 Å². The summed E-state index contributed by atoms with van der Waals surface area (Å²) in [5, 5.41) is 17.5. The zero-order valence-electron chi connectivity index (χ0n) is 7.07. The van der Waals surface area contributed by atoms with Crippen molar-refractivity contribution in [1.29, 1.82) is 5.26 Å². The number of hydrogen-bond acceptors (Lipinski definition) is 2. The number of aliphatic hydroxyl groups is 1. The summed E-state index contributed by atoms with van der Waals surface area (Å²) in [6.45, 7) is 0.0597. The van der Waals surface area contributed by atoms with E-state index in [2.05, 4.69) is 28.7 Å². The first-order valence-electron chi connectivity index (χ1n) is 4.04. The molecule has 0 aliphatic heterocycles. The van der Waals surface area contributed by atoms with E-state index < -0.39 is 0 Å². The first kappa shape index (κ1) is 10.5. The van der Waals surface area contributed by atoms with Crippen LogP contribution < -0.4 is 0 Å². The van der Waals surface area contributed by atoms with Crippen LogP contribution in [0.25, 0.3) is 0 Å². The van der Waals surface area contributed by atoms with Gasteiger partial charge in [0, 0.05) is 10.2 Å². The Morgan fingerprint density at radius 2 is 2.00 bits per heavy atom. The van der Waals surface area contributed by atoms with E-state index in [0.29, 0.717) is 6.42 Å². The first-order chi connectivity index (χ1) is 6.27. The maximum Gasteiger partial charge on any atom is 0.0734 e. The van der Waals surface area contributed by atoms with Crippen LogP contribution in [0.15, 0.2) is 24.3 Å². The van der Waals surface area contributed by atoms with Crippen molar-refractivity contribution in [3.63, 3.8) is 0 Å². The maximum atomic E-state index is 8.82. The van der Waals surface area contributed by atoms with Gasteiger partial charge in [-0.2, -0.15) is 5.26 Å². The van der Waals surface area contributed by atoms with Gasteiger partial charge in [-0.05, 0) is 46.7 Å². The molecule has 0 bridgehead atoms. The predicted molar refractivity (Wildman–Crippen MR) is 59.2 cm³/mol. The zero-order valence-corrected chi connectivity index (χ0v) is 9.23. The van der Waals surface area contributed by atoms with Crippen molar-refractivity contribution >= 4 is 22.6 Å². The molecule has 13 heavy (non-hydrogen) atoms. The molecule has 1 atom stereocenters. The Morgan fingerprint density at radius 1 is 1.38 bits per heavy atom. The van der Waals surface area contributed by atoms with Gasteiger partial charge in [-0.1, -0.05) is 12.1 Å². The lowest BCUT2D eigenvalue weighted by atomic mass is 9.98. The lowest BCUT2D eigenvalue weighted by molar-refractivity contribution is 0.283. The summed E-state index contributed by atoms with van der Waals surface area (Å²) in [4.78, 5) is 0. The van der Waals surface area contributed by atoms with Crippen molar-refractivity contribution in [2.75, 3.05) is 6.61 Å². The molecule has 0 fully saturated rings. The Balaban J connectivity index is 2.81. The lowest BCUT2D eigenvalue weighted by Crippen LogP contribution is -1.98. The fourth-order valence-electron chi connectivity index (χ4n) is 1.13. The molecule has 0 aromatic heterocycles. The van der Waals surface area contributed by atoms with Crippen LogP contribution in [0.3, 0.4) is 0 Å². The Bertz CT molecular complexity index is 302. The van der Waals surface area contributed by atoms with Crippen LogP contribution in [-0.4, -0.2) is 11.7 Å². The van der Waals surface area contributed by atoms with Crippen LogP contribution in [0.4, 0.5) is 0 Å². The van der Waals surface area contributed by atoms with Crippen molar-refractivity contribution < 1.29 is 5.11 Å². The van der Waals surface area contributed by atoms with Crippen molar-refractivity contribution in [2.45, 2.75) is 12.3 Å². The molecule has 0 heterocycles. The van der Waals surface area contributed by atoms with E-state index in [1.54, 1.807) is 0 Å². The van der Waals surface area contributed by atoms with E-state index in [9.17, 15) is 0 Å². The van der Waals surface area contributed by atoms with Gasteiger partial charge in [0.15, 0.2) is 0 Å². The molecular weight excluding hydrogens is 277 g/mol. The molecule has 0 amide bonds. The highest BCUT2D eigenvalue weighted by molar-refractivity contribution is 14.1. The van der Waals surface area contributed by atoms with Crippen molar-refractivity contribution in [1.82, 2.24) is 0 Å². The summed E-state index contributed by atoms with van der Waals surface area (Å²) in [6.07, 6.45) is 0.511. The van der Waals surface area contributed by atoms with Gasteiger partial charge in [-0.25, -0.2) is 0 Å². The summed E-state index contributed by atoms with van der Waals surface area (Å²) in [5.41, 5.74) is 0.983. The Labute approximate surface area is 91.3 Å². The third-order valence-electron chi connectivity index (χ3n) is 1.85. The molecule has 0 spiro atoms. The highest BCUT2D eigenvalue weighted by Crippen LogP contribution is 2.19. The second kappa shape index (κ2) is 5.20. The molecule has 68 valence electrons. The second-order valence-electron chi connectivity index (χ2n) is 2.75. The number of nitrogens with zero attached hydrogens (tertiary/aromatic N) is 1. The van der Waals surface area contributed by atoms with Crippen LogP contribution in [0, 0.1) is 14.9 Å². The molecule has 1 rings (SSSR count). The van der Waals surface area contributed by atoms with Gasteiger partial charge in [0.25, 0.3) is 0 Å². The van der Waals surface area contributed by atoms with Crippen molar-refractivity contribution in [3.05, 3.63) is 33.4 Å². The van der Waals surface area contributed by atoms with E-state index in [4.69, 9.17) is 10.4 Å². The van der Waals surface area contributed by atoms with E-state index in [1.165, 1.54) is 0 Å². The largest absolute Gasteiger partial charge is 0.396 e. The van der Waals surface area contributed by atoms with Crippen molar-refractivity contribution in [2.24, 2.45) is 0 Å². The SMILES string of the molecule is N#CC(CCO)c1ccc(I)cc1. The zero-order chi connectivity index (χ0) is 9.68. The number of hydrogen-bond donors (Lipinski definition) is 1. The molecule has 0 radical (unpaired) electrons. The summed E-state index contributed by atoms with van der Waals surface area (Å²) in [5.74, 6) is -0.179. The summed E-state index contributed by atoms with van der Waals surface area (Å²) >= 11 is 2.22. The molecule has 1 aromatic rings. The molecular formula is C10H10INO. The molecule has 0 aliphatic rings. The van der Waals surface area contributed by atoms with Gasteiger partial charge in [-0.15, -0.1) is 0 Å². The Kier molecular flexibility index (Phi) is 4.19. The van der Waals surface area contributed by atoms with E-state index >= 15 is 0 Å². The minimum absolute atomic E-state index is 0.0597. The first-order valence-corrected chi connectivity index (χ1v) is 5.11. The van der Waals surface area contributed by atoms with Gasteiger partial charge in [-0.3, -0.25) is 0 Å². The molecule has 2 nitrogen and oxygen atoms in total. The third-order valence-corrected chi connectivity index (χ3v) is 2.57. The fourth-order valence-corrected chi connectivity index (χ4v) is 1.49. The number of halogens is 1. The van der Waals surface area contributed by atoms with Crippen LogP contribution in [0.1, 0.15) is 17.9 Å². The Hall–Kier alpha value is -0.600. The summed E-state index contributed by atoms with van der Waals surface area (Å²) in [6, 6.07) is 9.99. The average Bonchev–Trinajstić information content (AvgIpc) is 2.16. The van der Waals surface area contributed by atoms with E-state index in [0.717, 1.165) is 9.13 Å². The molecule has 1 aromatic carbocycles. The maximum absolute atomic E-state index is 8.82. The monoisotopic (exact) mass is 287 g/mol. The lowest BCUT2D eigenvalue weighted by Gasteiger charge is -2.06. The average molecular weight is 287 g/mol. The molecule has 0 saturated carbocycles. The van der Waals surface area contributed by atoms with Gasteiger partial charge in [0.2, 0.25) is 0 Å². The van der Waals surface area contributed by atoms with Crippen LogP contribution in [0.2, 0.25) is 0 Å². The molecule has 0 aliphatic carbocycles. The van der Waals surface area contributed by atoms with Gasteiger partial charge in [0.05, 0.1) is 12.0 Å². The van der Waals surface area contributed by atoms with E-state index in [1.807, 2.05) is 24.3 Å². The molecule has 1 N–H and O–H groups in total. The number of nitriles is 1. The molecule has 3 heteroatoms. The van der Waals surface area contributed by atoms with Crippen LogP contribution in [-0.2, 0) is 0 Å². The minimum atomic E-state index is -0.179. The predicted octanol–water partition coefficient (Wildman–Crippen LogP) is 2.28. The van der Waals surface area contributed by atoms with Crippen LogP contribution >= 0.6 is 22.6 Å². The molecule has 1 unspecified atom stereocenters. The number of rotatable bonds is 3. The van der Waals surface area contributed by atoms with Crippen LogP contribution in [0.5, 0.6) is 0 Å². The quantitative estimate of drug-likeness (QED) is 0.867.